The number of nitrogens with two attached hydrogens (primary N) is 1. The van der Waals surface area contributed by atoms with Crippen LogP contribution in [0.5, 0.6) is 0 Å². The average Bonchev–Trinajstić information content (AvgIpc) is 2.81. The highest BCUT2D eigenvalue weighted by molar-refractivity contribution is 7.89. The van der Waals surface area contributed by atoms with Crippen LogP contribution in [0.15, 0.2) is 35.2 Å². The van der Waals surface area contributed by atoms with Crippen LogP contribution in [0.1, 0.15) is 24.2 Å². The molecule has 1 aliphatic heterocycles. The first-order chi connectivity index (χ1) is 11.6. The van der Waals surface area contributed by atoms with Crippen LogP contribution >= 0.6 is 0 Å². The van der Waals surface area contributed by atoms with Gasteiger partial charge in [-0.2, -0.15) is 0 Å². The summed E-state index contributed by atoms with van der Waals surface area (Å²) in [6.07, 6.45) is 0. The van der Waals surface area contributed by atoms with Gasteiger partial charge >= 0.3 is 0 Å². The fraction of sp³-hybridized carbons (Fsp3) is 0.389. The molecule has 2 aromatic carbocycles. The molecule has 25 heavy (non-hydrogen) atoms. The molecule has 0 bridgehead atoms. The molecule has 0 aromatic heterocycles. The summed E-state index contributed by atoms with van der Waals surface area (Å²) in [5.41, 5.74) is 6.69. The summed E-state index contributed by atoms with van der Waals surface area (Å²) in [6, 6.07) is 8.49. The van der Waals surface area contributed by atoms with Crippen molar-refractivity contribution in [2.75, 3.05) is 32.1 Å². The molecule has 0 saturated carbocycles. The second-order valence-corrected chi connectivity index (χ2v) is 9.32. The van der Waals surface area contributed by atoms with Crippen LogP contribution in [0.3, 0.4) is 0 Å². The summed E-state index contributed by atoms with van der Waals surface area (Å²) in [5.74, 6) is -0.118. The van der Waals surface area contributed by atoms with Crippen molar-refractivity contribution in [3.8, 4) is 0 Å². The number of hydrogen-bond donors (Lipinski definition) is 1. The van der Waals surface area contributed by atoms with Gasteiger partial charge in [0.15, 0.2) is 0 Å². The van der Waals surface area contributed by atoms with Gasteiger partial charge in [0, 0.05) is 37.0 Å². The van der Waals surface area contributed by atoms with Gasteiger partial charge in [0.1, 0.15) is 0 Å². The number of anilines is 1. The predicted molar refractivity (Wildman–Crippen MR) is 99.3 cm³/mol. The zero-order chi connectivity index (χ0) is 18.6. The molecule has 134 valence electrons. The molecule has 1 amide bonds. The van der Waals surface area contributed by atoms with E-state index in [2.05, 4.69) is 0 Å². The van der Waals surface area contributed by atoms with Crippen molar-refractivity contribution in [1.82, 2.24) is 4.31 Å². The van der Waals surface area contributed by atoms with E-state index in [1.54, 1.807) is 49.3 Å². The van der Waals surface area contributed by atoms with E-state index in [0.717, 1.165) is 5.69 Å². The maximum atomic E-state index is 13.1. The molecule has 0 atom stereocenters. The van der Waals surface area contributed by atoms with Crippen LogP contribution in [0.4, 0.5) is 5.69 Å². The number of carbonyl (C=O) groups excluding carboxylic acids is 1. The molecule has 0 aliphatic carbocycles. The number of rotatable bonds is 5. The predicted octanol–water partition coefficient (Wildman–Crippen LogP) is 2.04. The Labute approximate surface area is 148 Å². The van der Waals surface area contributed by atoms with E-state index in [1.807, 2.05) is 13.8 Å². The Kier molecular flexibility index (Phi) is 4.14. The van der Waals surface area contributed by atoms with Crippen molar-refractivity contribution in [3.63, 3.8) is 0 Å². The van der Waals surface area contributed by atoms with Crippen LogP contribution in [-0.2, 0) is 10.0 Å². The van der Waals surface area contributed by atoms with Gasteiger partial charge < -0.3 is 10.6 Å². The minimum atomic E-state index is -3.70. The number of sulfonamides is 1. The second kappa shape index (κ2) is 5.79. The van der Waals surface area contributed by atoms with Gasteiger partial charge in [-0.15, -0.1) is 0 Å². The SMILES string of the molecule is CN1C(=O)c2cccc3c(S(=O)(=O)N(C)CC(C)(C)CN)ccc1c23. The van der Waals surface area contributed by atoms with Gasteiger partial charge in [0.25, 0.3) is 5.91 Å². The molecule has 0 saturated heterocycles. The number of amides is 1. The molecule has 0 radical (unpaired) electrons. The largest absolute Gasteiger partial charge is 0.330 e. The molecule has 3 rings (SSSR count). The summed E-state index contributed by atoms with van der Waals surface area (Å²) in [6.45, 7) is 4.56. The Balaban J connectivity index is 2.16. The molecule has 0 spiro atoms. The van der Waals surface area contributed by atoms with E-state index in [4.69, 9.17) is 5.73 Å². The molecule has 2 N–H and O–H groups in total. The first-order valence-corrected chi connectivity index (χ1v) is 9.54. The summed E-state index contributed by atoms with van der Waals surface area (Å²) in [7, 11) is -0.443. The Morgan fingerprint density at radius 2 is 1.88 bits per heavy atom. The Morgan fingerprint density at radius 3 is 2.52 bits per heavy atom. The molecule has 0 fully saturated rings. The Hall–Kier alpha value is -1.96. The second-order valence-electron chi connectivity index (χ2n) is 7.30. The van der Waals surface area contributed by atoms with Gasteiger partial charge in [-0.1, -0.05) is 26.0 Å². The van der Waals surface area contributed by atoms with E-state index in [9.17, 15) is 13.2 Å². The lowest BCUT2D eigenvalue weighted by Crippen LogP contribution is -2.39. The zero-order valence-corrected chi connectivity index (χ0v) is 15.7. The van der Waals surface area contributed by atoms with Crippen molar-refractivity contribution in [2.45, 2.75) is 18.7 Å². The quantitative estimate of drug-likeness (QED) is 0.883. The Bertz CT molecular complexity index is 967. The molecule has 1 aliphatic rings. The van der Waals surface area contributed by atoms with Crippen LogP contribution in [0.25, 0.3) is 10.8 Å². The van der Waals surface area contributed by atoms with E-state index in [0.29, 0.717) is 29.4 Å². The third-order valence-electron chi connectivity index (χ3n) is 4.77. The van der Waals surface area contributed by atoms with Crippen LogP contribution in [0, 0.1) is 5.41 Å². The van der Waals surface area contributed by atoms with Crippen molar-refractivity contribution in [1.29, 1.82) is 0 Å². The van der Waals surface area contributed by atoms with Gasteiger partial charge in [0.2, 0.25) is 10.0 Å². The van der Waals surface area contributed by atoms with E-state index >= 15 is 0 Å². The van der Waals surface area contributed by atoms with Crippen molar-refractivity contribution in [2.24, 2.45) is 11.1 Å². The van der Waals surface area contributed by atoms with E-state index in [-0.39, 0.29) is 16.2 Å². The smallest absolute Gasteiger partial charge is 0.258 e. The molecule has 7 heteroatoms. The van der Waals surface area contributed by atoms with Gasteiger partial charge in [-0.05, 0) is 30.2 Å². The molecular formula is C18H23N3O3S. The topological polar surface area (TPSA) is 83.7 Å². The highest BCUT2D eigenvalue weighted by atomic mass is 32.2. The van der Waals surface area contributed by atoms with Gasteiger partial charge in [-0.25, -0.2) is 12.7 Å². The summed E-state index contributed by atoms with van der Waals surface area (Å²) >= 11 is 0. The van der Waals surface area contributed by atoms with Crippen LogP contribution in [-0.4, -0.2) is 45.8 Å². The summed E-state index contributed by atoms with van der Waals surface area (Å²) in [4.78, 5) is 14.1. The summed E-state index contributed by atoms with van der Waals surface area (Å²) < 4.78 is 27.6. The molecule has 0 unspecified atom stereocenters. The van der Waals surface area contributed by atoms with E-state index in [1.165, 1.54) is 4.31 Å². The minimum absolute atomic E-state index is 0.118. The number of benzene rings is 2. The molecule has 2 aromatic rings. The molecule has 1 heterocycles. The third-order valence-corrected chi connectivity index (χ3v) is 6.63. The van der Waals surface area contributed by atoms with Crippen LogP contribution in [0.2, 0.25) is 0 Å². The lowest BCUT2D eigenvalue weighted by atomic mass is 9.94. The standard InChI is InChI=1S/C18H23N3O3S/c1-18(2,10-19)11-20(3)25(23,24)15-9-8-14-16-12(15)6-5-7-13(16)17(22)21(14)4/h5-9H,10-11,19H2,1-4H3. The highest BCUT2D eigenvalue weighted by Crippen LogP contribution is 2.40. The number of carbonyl (C=O) groups is 1. The Morgan fingerprint density at radius 1 is 1.20 bits per heavy atom. The van der Waals surface area contributed by atoms with Crippen LogP contribution < -0.4 is 10.6 Å². The summed E-state index contributed by atoms with van der Waals surface area (Å²) in [5, 5.41) is 1.27. The maximum absolute atomic E-state index is 13.1. The number of nitrogens with zero attached hydrogens (tertiary/aromatic N) is 2. The minimum Gasteiger partial charge on any atom is -0.330 e. The van der Waals surface area contributed by atoms with Gasteiger partial charge in [0.05, 0.1) is 10.6 Å². The first-order valence-electron chi connectivity index (χ1n) is 8.10. The maximum Gasteiger partial charge on any atom is 0.258 e. The third kappa shape index (κ3) is 2.72. The number of hydrogen-bond acceptors (Lipinski definition) is 4. The van der Waals surface area contributed by atoms with E-state index < -0.39 is 10.0 Å². The zero-order valence-electron chi connectivity index (χ0n) is 14.9. The fourth-order valence-corrected chi connectivity index (χ4v) is 4.80. The lowest BCUT2D eigenvalue weighted by Gasteiger charge is -2.28. The molecular weight excluding hydrogens is 338 g/mol. The monoisotopic (exact) mass is 361 g/mol. The fourth-order valence-electron chi connectivity index (χ4n) is 3.25. The van der Waals surface area contributed by atoms with Gasteiger partial charge in [-0.3, -0.25) is 4.79 Å². The van der Waals surface area contributed by atoms with Crippen molar-refractivity contribution < 1.29 is 13.2 Å². The lowest BCUT2D eigenvalue weighted by molar-refractivity contribution is 0.0999. The normalized spacial score (nSPS) is 14.8. The molecule has 6 nitrogen and oxygen atoms in total. The first kappa shape index (κ1) is 17.8. The average molecular weight is 361 g/mol. The van der Waals surface area contributed by atoms with Crippen molar-refractivity contribution in [3.05, 3.63) is 35.9 Å². The highest BCUT2D eigenvalue weighted by Gasteiger charge is 2.32. The van der Waals surface area contributed by atoms with Crippen molar-refractivity contribution >= 4 is 32.4 Å².